The van der Waals surface area contributed by atoms with Gasteiger partial charge in [-0.15, -0.1) is 0 Å². The molecule has 0 spiro atoms. The van der Waals surface area contributed by atoms with Gasteiger partial charge in [0.25, 0.3) is 0 Å². The second-order valence-corrected chi connectivity index (χ2v) is 13.1. The van der Waals surface area contributed by atoms with Gasteiger partial charge in [-0.25, -0.2) is 4.98 Å². The summed E-state index contributed by atoms with van der Waals surface area (Å²) in [5, 5.41) is 14.9. The minimum atomic E-state index is 0.582. The second kappa shape index (κ2) is 12.0. The molecule has 0 bridgehead atoms. The van der Waals surface area contributed by atoms with Crippen molar-refractivity contribution in [3.63, 3.8) is 0 Å². The highest BCUT2D eigenvalue weighted by Crippen LogP contribution is 2.44. The lowest BCUT2D eigenvalue weighted by Gasteiger charge is -2.17. The van der Waals surface area contributed by atoms with Crippen LogP contribution in [0.15, 0.2) is 182 Å². The zero-order valence-corrected chi connectivity index (χ0v) is 28.1. The summed E-state index contributed by atoms with van der Waals surface area (Å²) in [7, 11) is 0. The molecule has 0 aliphatic carbocycles. The predicted molar refractivity (Wildman–Crippen MR) is 214 cm³/mol. The molecule has 52 heavy (non-hydrogen) atoms. The third kappa shape index (κ3) is 4.65. The van der Waals surface area contributed by atoms with Crippen molar-refractivity contribution in [3.8, 4) is 51.1 Å². The van der Waals surface area contributed by atoms with E-state index in [0.717, 1.165) is 67.1 Å². The van der Waals surface area contributed by atoms with Crippen LogP contribution in [-0.4, -0.2) is 14.1 Å². The Kier molecular flexibility index (Phi) is 6.84. The van der Waals surface area contributed by atoms with Gasteiger partial charge in [0.15, 0.2) is 0 Å². The third-order valence-corrected chi connectivity index (χ3v) is 10.1. The number of nitriles is 1. The summed E-state index contributed by atoms with van der Waals surface area (Å²) in [5.41, 5.74) is 12.9. The molecule has 0 saturated carbocycles. The Labute approximate surface area is 300 Å². The smallest absolute Gasteiger partial charge is 0.0991 e. The first kappa shape index (κ1) is 29.7. The summed E-state index contributed by atoms with van der Waals surface area (Å²) in [6.07, 6.45) is 0. The highest BCUT2D eigenvalue weighted by atomic mass is 15.0. The molecule has 0 atom stereocenters. The van der Waals surface area contributed by atoms with Crippen molar-refractivity contribution in [1.29, 1.82) is 5.26 Å². The Morgan fingerprint density at radius 2 is 1.06 bits per heavy atom. The number of hydrogen-bond acceptors (Lipinski definition) is 2. The lowest BCUT2D eigenvalue weighted by molar-refractivity contribution is 1.17. The maximum absolute atomic E-state index is 10.2. The molecular weight excluding hydrogens is 633 g/mol. The summed E-state index contributed by atoms with van der Waals surface area (Å²) in [6.45, 7) is 0. The van der Waals surface area contributed by atoms with Gasteiger partial charge < -0.3 is 9.13 Å². The molecule has 0 N–H and O–H groups in total. The first-order valence-corrected chi connectivity index (χ1v) is 17.5. The van der Waals surface area contributed by atoms with E-state index in [4.69, 9.17) is 4.98 Å². The number of pyridine rings is 1. The van der Waals surface area contributed by atoms with E-state index in [-0.39, 0.29) is 0 Å². The summed E-state index contributed by atoms with van der Waals surface area (Å²) in [5.74, 6) is 0. The Bertz CT molecular complexity index is 2940. The van der Waals surface area contributed by atoms with Crippen molar-refractivity contribution in [2.24, 2.45) is 0 Å². The zero-order valence-electron chi connectivity index (χ0n) is 28.1. The van der Waals surface area contributed by atoms with Gasteiger partial charge in [-0.2, -0.15) is 5.26 Å². The van der Waals surface area contributed by atoms with Gasteiger partial charge in [0.05, 0.1) is 50.8 Å². The number of rotatable bonds is 5. The Balaban J connectivity index is 1.34. The van der Waals surface area contributed by atoms with Crippen LogP contribution in [0, 0.1) is 11.3 Å². The van der Waals surface area contributed by atoms with Crippen molar-refractivity contribution < 1.29 is 0 Å². The van der Waals surface area contributed by atoms with E-state index in [1.54, 1.807) is 0 Å². The normalized spacial score (nSPS) is 11.4. The lowest BCUT2D eigenvalue weighted by Crippen LogP contribution is -2.00. The van der Waals surface area contributed by atoms with Gasteiger partial charge in [-0.05, 0) is 71.8 Å². The van der Waals surface area contributed by atoms with Crippen LogP contribution in [0.4, 0.5) is 0 Å². The fourth-order valence-electron chi connectivity index (χ4n) is 7.84. The summed E-state index contributed by atoms with van der Waals surface area (Å²) < 4.78 is 4.76. The first-order chi connectivity index (χ1) is 25.8. The van der Waals surface area contributed by atoms with Gasteiger partial charge in [0.1, 0.15) is 0 Å². The number of para-hydroxylation sites is 3. The van der Waals surface area contributed by atoms with Crippen molar-refractivity contribution in [1.82, 2.24) is 14.1 Å². The number of aromatic nitrogens is 3. The van der Waals surface area contributed by atoms with Crippen LogP contribution in [0.5, 0.6) is 0 Å². The molecule has 3 heterocycles. The van der Waals surface area contributed by atoms with Gasteiger partial charge in [-0.3, -0.25) is 0 Å². The Morgan fingerprint density at radius 1 is 0.442 bits per heavy atom. The lowest BCUT2D eigenvalue weighted by atomic mass is 9.98. The second-order valence-electron chi connectivity index (χ2n) is 13.1. The molecule has 0 fully saturated rings. The monoisotopic (exact) mass is 662 g/mol. The Morgan fingerprint density at radius 3 is 1.79 bits per heavy atom. The molecular formula is C48H30N4. The summed E-state index contributed by atoms with van der Waals surface area (Å²) >= 11 is 0. The van der Waals surface area contributed by atoms with E-state index in [0.29, 0.717) is 5.56 Å². The first-order valence-electron chi connectivity index (χ1n) is 17.5. The quantitative estimate of drug-likeness (QED) is 0.184. The van der Waals surface area contributed by atoms with E-state index < -0.39 is 0 Å². The molecule has 0 amide bonds. The van der Waals surface area contributed by atoms with Gasteiger partial charge in [0.2, 0.25) is 0 Å². The van der Waals surface area contributed by atoms with Crippen LogP contribution in [-0.2, 0) is 0 Å². The van der Waals surface area contributed by atoms with Crippen LogP contribution in [0.2, 0.25) is 0 Å². The topological polar surface area (TPSA) is 46.5 Å². The molecule has 10 aromatic rings. The maximum Gasteiger partial charge on any atom is 0.0991 e. The molecule has 0 radical (unpaired) electrons. The number of benzene rings is 7. The van der Waals surface area contributed by atoms with Gasteiger partial charge >= 0.3 is 0 Å². The van der Waals surface area contributed by atoms with Crippen LogP contribution in [0.3, 0.4) is 0 Å². The van der Waals surface area contributed by atoms with E-state index in [9.17, 15) is 5.26 Å². The molecule has 242 valence electrons. The van der Waals surface area contributed by atoms with Crippen molar-refractivity contribution >= 4 is 43.6 Å². The molecule has 7 aromatic carbocycles. The molecule has 4 nitrogen and oxygen atoms in total. The fraction of sp³-hybridized carbons (Fsp3) is 0. The maximum atomic E-state index is 10.2. The highest BCUT2D eigenvalue weighted by molar-refractivity contribution is 6.26. The summed E-state index contributed by atoms with van der Waals surface area (Å²) in [6, 6.07) is 65.9. The molecule has 0 unspecified atom stereocenters. The minimum absolute atomic E-state index is 0.582. The zero-order chi connectivity index (χ0) is 34.6. The largest absolute Gasteiger partial charge is 0.309 e. The standard InChI is InChI=1S/C48H30N4/c49-31-32-24-26-45(40(28-32)42-30-35(33-14-4-1-5-15-33)29-41(50-42)34-16-6-2-7-17-34)52-43-22-12-10-20-37(43)38-25-27-46-47(48(38)52)39-21-11-13-23-44(39)51(46)36-18-8-3-9-19-36/h1-30H. The highest BCUT2D eigenvalue weighted by Gasteiger charge is 2.23. The number of hydrogen-bond donors (Lipinski definition) is 0. The molecule has 3 aromatic heterocycles. The molecule has 0 saturated heterocycles. The van der Waals surface area contributed by atoms with E-state index >= 15 is 0 Å². The van der Waals surface area contributed by atoms with Crippen molar-refractivity contribution in [2.75, 3.05) is 0 Å². The molecule has 10 rings (SSSR count). The van der Waals surface area contributed by atoms with Gasteiger partial charge in [-0.1, -0.05) is 121 Å². The predicted octanol–water partition coefficient (Wildman–Crippen LogP) is 12.1. The van der Waals surface area contributed by atoms with Crippen LogP contribution < -0.4 is 0 Å². The van der Waals surface area contributed by atoms with Crippen molar-refractivity contribution in [2.45, 2.75) is 0 Å². The van der Waals surface area contributed by atoms with Gasteiger partial charge in [0, 0.05) is 38.4 Å². The SMILES string of the molecule is N#Cc1ccc(-n2c3ccccc3c3ccc4c(c5ccccc5n4-c4ccccc4)c32)c(-c2cc(-c3ccccc3)cc(-c3ccccc3)n2)c1. The molecule has 4 heteroatoms. The van der Waals surface area contributed by atoms with Crippen molar-refractivity contribution in [3.05, 3.63) is 188 Å². The summed E-state index contributed by atoms with van der Waals surface area (Å²) in [4.78, 5) is 5.33. The van der Waals surface area contributed by atoms with E-state index in [2.05, 4.69) is 161 Å². The average molecular weight is 663 g/mol. The minimum Gasteiger partial charge on any atom is -0.309 e. The van der Waals surface area contributed by atoms with Crippen LogP contribution in [0.1, 0.15) is 5.56 Å². The van der Waals surface area contributed by atoms with E-state index in [1.807, 2.05) is 36.4 Å². The third-order valence-electron chi connectivity index (χ3n) is 10.1. The Hall–Kier alpha value is -7.22. The molecule has 0 aliphatic rings. The average Bonchev–Trinajstić information content (AvgIpc) is 3.74. The van der Waals surface area contributed by atoms with E-state index in [1.165, 1.54) is 21.5 Å². The van der Waals surface area contributed by atoms with Crippen LogP contribution in [0.25, 0.3) is 88.6 Å². The number of nitrogens with zero attached hydrogens (tertiary/aromatic N) is 4. The number of fused-ring (bicyclic) bond motifs is 7. The van der Waals surface area contributed by atoms with Crippen LogP contribution >= 0.6 is 0 Å². The molecule has 0 aliphatic heterocycles. The fourth-order valence-corrected chi connectivity index (χ4v) is 7.84.